The zero-order valence-electron chi connectivity index (χ0n) is 11.7. The van der Waals surface area contributed by atoms with Crippen LogP contribution < -0.4 is 0 Å². The summed E-state index contributed by atoms with van der Waals surface area (Å²) in [7, 11) is 0. The van der Waals surface area contributed by atoms with Gasteiger partial charge in [-0.25, -0.2) is 0 Å². The van der Waals surface area contributed by atoms with Gasteiger partial charge in [-0.2, -0.15) is 0 Å². The zero-order chi connectivity index (χ0) is 14.1. The summed E-state index contributed by atoms with van der Waals surface area (Å²) < 4.78 is 5.29. The molecule has 112 valence electrons. The Labute approximate surface area is 118 Å². The van der Waals surface area contributed by atoms with Gasteiger partial charge in [0.1, 0.15) is 0 Å². The fourth-order valence-corrected chi connectivity index (χ4v) is 3.06. The van der Waals surface area contributed by atoms with Crippen LogP contribution in [0.2, 0.25) is 0 Å². The second-order valence-electron chi connectivity index (χ2n) is 6.09. The molecule has 2 aliphatic heterocycles. The smallest absolute Gasteiger partial charge is 0.228 e. The Hall–Kier alpha value is -1.14. The minimum Gasteiger partial charge on any atom is -0.394 e. The van der Waals surface area contributed by atoms with Crippen LogP contribution in [-0.4, -0.2) is 72.2 Å². The summed E-state index contributed by atoms with van der Waals surface area (Å²) in [5, 5.41) is 9.33. The highest BCUT2D eigenvalue weighted by molar-refractivity contribution is 5.89. The second kappa shape index (κ2) is 5.69. The maximum atomic E-state index is 12.5. The standard InChI is InChI=1S/C14H22N2O4/c17-8-12-9-20-4-3-16(12)14(19)11-5-13(18)15(7-11)6-10-1-2-10/h10-12,17H,1-9H2. The summed E-state index contributed by atoms with van der Waals surface area (Å²) in [6.07, 6.45) is 2.73. The molecule has 6 nitrogen and oxygen atoms in total. The van der Waals surface area contributed by atoms with E-state index in [1.54, 1.807) is 4.90 Å². The molecule has 6 heteroatoms. The molecule has 0 aromatic carbocycles. The summed E-state index contributed by atoms with van der Waals surface area (Å²) in [4.78, 5) is 28.0. The van der Waals surface area contributed by atoms with Gasteiger partial charge in [0.15, 0.2) is 0 Å². The maximum Gasteiger partial charge on any atom is 0.228 e. The second-order valence-corrected chi connectivity index (χ2v) is 6.09. The van der Waals surface area contributed by atoms with Crippen molar-refractivity contribution in [1.29, 1.82) is 0 Å². The third kappa shape index (κ3) is 2.81. The number of carbonyl (C=O) groups excluding carboxylic acids is 2. The molecule has 2 unspecified atom stereocenters. The van der Waals surface area contributed by atoms with E-state index in [0.29, 0.717) is 38.6 Å². The molecule has 1 N–H and O–H groups in total. The van der Waals surface area contributed by atoms with E-state index in [2.05, 4.69) is 0 Å². The van der Waals surface area contributed by atoms with E-state index in [-0.39, 0.29) is 30.4 Å². The molecule has 2 amide bonds. The summed E-state index contributed by atoms with van der Waals surface area (Å²) in [5.41, 5.74) is 0. The number of aliphatic hydroxyl groups is 1. The number of rotatable bonds is 4. The Balaban J connectivity index is 1.60. The normalized spacial score (nSPS) is 30.9. The van der Waals surface area contributed by atoms with Gasteiger partial charge in [0.2, 0.25) is 11.8 Å². The average Bonchev–Trinajstić information content (AvgIpc) is 3.21. The number of amides is 2. The van der Waals surface area contributed by atoms with Gasteiger partial charge in [0.05, 0.1) is 31.8 Å². The Morgan fingerprint density at radius 1 is 1.40 bits per heavy atom. The predicted molar refractivity (Wildman–Crippen MR) is 70.8 cm³/mol. The molecular weight excluding hydrogens is 260 g/mol. The summed E-state index contributed by atoms with van der Waals surface area (Å²) >= 11 is 0. The lowest BCUT2D eigenvalue weighted by atomic mass is 10.1. The van der Waals surface area contributed by atoms with Gasteiger partial charge >= 0.3 is 0 Å². The molecule has 0 aromatic rings. The fraction of sp³-hybridized carbons (Fsp3) is 0.857. The first-order valence-corrected chi connectivity index (χ1v) is 7.46. The molecule has 1 saturated carbocycles. The van der Waals surface area contributed by atoms with Crippen molar-refractivity contribution in [2.24, 2.45) is 11.8 Å². The molecule has 0 aromatic heterocycles. The molecule has 2 heterocycles. The minimum atomic E-state index is -0.260. The van der Waals surface area contributed by atoms with Crippen molar-refractivity contribution in [2.45, 2.75) is 25.3 Å². The Morgan fingerprint density at radius 2 is 2.20 bits per heavy atom. The minimum absolute atomic E-state index is 0.000929. The van der Waals surface area contributed by atoms with Gasteiger partial charge < -0.3 is 19.6 Å². The number of carbonyl (C=O) groups is 2. The van der Waals surface area contributed by atoms with Crippen LogP contribution in [0.25, 0.3) is 0 Å². The predicted octanol–water partition coefficient (Wildman–Crippen LogP) is -0.535. The lowest BCUT2D eigenvalue weighted by Gasteiger charge is -2.36. The van der Waals surface area contributed by atoms with Gasteiger partial charge in [-0.15, -0.1) is 0 Å². The Kier molecular flexibility index (Phi) is 3.94. The van der Waals surface area contributed by atoms with E-state index in [1.165, 1.54) is 12.8 Å². The summed E-state index contributed by atoms with van der Waals surface area (Å²) in [5.74, 6) is 0.512. The van der Waals surface area contributed by atoms with E-state index < -0.39 is 0 Å². The molecule has 2 atom stereocenters. The van der Waals surface area contributed by atoms with Crippen LogP contribution in [0.5, 0.6) is 0 Å². The molecular formula is C14H22N2O4. The van der Waals surface area contributed by atoms with Crippen LogP contribution in [-0.2, 0) is 14.3 Å². The third-order valence-corrected chi connectivity index (χ3v) is 4.46. The van der Waals surface area contributed by atoms with Crippen molar-refractivity contribution >= 4 is 11.8 Å². The largest absolute Gasteiger partial charge is 0.394 e. The molecule has 3 rings (SSSR count). The van der Waals surface area contributed by atoms with Gasteiger partial charge in [-0.05, 0) is 18.8 Å². The van der Waals surface area contributed by atoms with Crippen molar-refractivity contribution < 1.29 is 19.4 Å². The van der Waals surface area contributed by atoms with Crippen molar-refractivity contribution in [3.63, 3.8) is 0 Å². The highest BCUT2D eigenvalue weighted by Gasteiger charge is 2.40. The van der Waals surface area contributed by atoms with Gasteiger partial charge in [0, 0.05) is 26.1 Å². The van der Waals surface area contributed by atoms with Crippen LogP contribution in [0.4, 0.5) is 0 Å². The third-order valence-electron chi connectivity index (χ3n) is 4.46. The van der Waals surface area contributed by atoms with Crippen LogP contribution in [0, 0.1) is 11.8 Å². The topological polar surface area (TPSA) is 70.1 Å². The Morgan fingerprint density at radius 3 is 2.90 bits per heavy atom. The zero-order valence-corrected chi connectivity index (χ0v) is 11.7. The van der Waals surface area contributed by atoms with Crippen molar-refractivity contribution in [1.82, 2.24) is 9.80 Å². The van der Waals surface area contributed by atoms with Gasteiger partial charge in [-0.3, -0.25) is 9.59 Å². The quantitative estimate of drug-likeness (QED) is 0.752. The number of nitrogens with zero attached hydrogens (tertiary/aromatic N) is 2. The van der Waals surface area contributed by atoms with Crippen LogP contribution in [0.3, 0.4) is 0 Å². The number of likely N-dealkylation sites (tertiary alicyclic amines) is 1. The van der Waals surface area contributed by atoms with Crippen molar-refractivity contribution in [2.75, 3.05) is 39.5 Å². The lowest BCUT2D eigenvalue weighted by Crippen LogP contribution is -2.52. The Bertz CT molecular complexity index is 397. The first-order chi connectivity index (χ1) is 9.69. The van der Waals surface area contributed by atoms with E-state index in [1.807, 2.05) is 4.90 Å². The number of aliphatic hydroxyl groups excluding tert-OH is 1. The molecule has 2 saturated heterocycles. The SMILES string of the molecule is O=C1CC(C(=O)N2CCOCC2CO)CN1CC1CC1. The molecule has 3 fully saturated rings. The number of hydrogen-bond donors (Lipinski definition) is 1. The first-order valence-electron chi connectivity index (χ1n) is 7.46. The van der Waals surface area contributed by atoms with Crippen LogP contribution in [0.1, 0.15) is 19.3 Å². The highest BCUT2D eigenvalue weighted by Crippen LogP contribution is 2.32. The molecule has 0 bridgehead atoms. The first kappa shape index (κ1) is 13.8. The fourth-order valence-electron chi connectivity index (χ4n) is 3.06. The molecule has 3 aliphatic rings. The molecule has 1 aliphatic carbocycles. The molecule has 0 spiro atoms. The van der Waals surface area contributed by atoms with E-state index in [0.717, 1.165) is 6.54 Å². The van der Waals surface area contributed by atoms with Crippen LogP contribution in [0.15, 0.2) is 0 Å². The van der Waals surface area contributed by atoms with E-state index in [4.69, 9.17) is 4.74 Å². The number of ether oxygens (including phenoxy) is 1. The maximum absolute atomic E-state index is 12.5. The van der Waals surface area contributed by atoms with Crippen molar-refractivity contribution in [3.8, 4) is 0 Å². The lowest BCUT2D eigenvalue weighted by molar-refractivity contribution is -0.145. The van der Waals surface area contributed by atoms with E-state index in [9.17, 15) is 14.7 Å². The van der Waals surface area contributed by atoms with Gasteiger partial charge in [0.25, 0.3) is 0 Å². The summed E-state index contributed by atoms with van der Waals surface area (Å²) in [6, 6.07) is -0.260. The van der Waals surface area contributed by atoms with Crippen molar-refractivity contribution in [3.05, 3.63) is 0 Å². The summed E-state index contributed by atoms with van der Waals surface area (Å²) in [6.45, 7) is 2.68. The monoisotopic (exact) mass is 282 g/mol. The number of hydrogen-bond acceptors (Lipinski definition) is 4. The number of morpholine rings is 1. The van der Waals surface area contributed by atoms with Crippen LogP contribution >= 0.6 is 0 Å². The van der Waals surface area contributed by atoms with Gasteiger partial charge in [-0.1, -0.05) is 0 Å². The van der Waals surface area contributed by atoms with E-state index >= 15 is 0 Å². The molecule has 0 radical (unpaired) electrons. The highest BCUT2D eigenvalue weighted by atomic mass is 16.5. The average molecular weight is 282 g/mol. The molecule has 20 heavy (non-hydrogen) atoms.